The van der Waals surface area contributed by atoms with Gasteiger partial charge in [0.15, 0.2) is 0 Å². The number of unbranched alkanes of at least 4 members (excludes halogenated alkanes) is 4. The maximum absolute atomic E-state index is 11.5. The SMILES string of the molecule is CCCCCCCC(=O)N[C@H](C(=O)[O-])C(C)C.[Na+]. The zero-order valence-electron chi connectivity index (χ0n) is 12.1. The van der Waals surface area contributed by atoms with E-state index in [1.165, 1.54) is 12.8 Å². The van der Waals surface area contributed by atoms with E-state index < -0.39 is 12.0 Å². The van der Waals surface area contributed by atoms with E-state index in [9.17, 15) is 14.7 Å². The molecule has 4 nitrogen and oxygen atoms in total. The van der Waals surface area contributed by atoms with Crippen molar-refractivity contribution in [1.82, 2.24) is 5.32 Å². The molecule has 0 unspecified atom stereocenters. The second kappa shape index (κ2) is 12.0. The van der Waals surface area contributed by atoms with Crippen LogP contribution < -0.4 is 40.0 Å². The average molecular weight is 265 g/mol. The molecule has 0 fully saturated rings. The van der Waals surface area contributed by atoms with Crippen LogP contribution in [-0.2, 0) is 9.59 Å². The summed E-state index contributed by atoms with van der Waals surface area (Å²) in [5, 5.41) is 13.3. The molecule has 0 aliphatic heterocycles. The molecular formula is C13H24NNaO3. The number of nitrogens with one attached hydrogen (secondary N) is 1. The maximum atomic E-state index is 11.5. The number of amides is 1. The predicted octanol–water partition coefficient (Wildman–Crippen LogP) is -1.76. The van der Waals surface area contributed by atoms with Gasteiger partial charge >= 0.3 is 29.6 Å². The Balaban J connectivity index is 0. The fourth-order valence-electron chi connectivity index (χ4n) is 1.63. The van der Waals surface area contributed by atoms with Gasteiger partial charge in [-0.05, 0) is 12.3 Å². The van der Waals surface area contributed by atoms with Crippen molar-refractivity contribution in [3.8, 4) is 0 Å². The van der Waals surface area contributed by atoms with Gasteiger partial charge in [0.05, 0.1) is 12.0 Å². The van der Waals surface area contributed by atoms with E-state index in [0.29, 0.717) is 6.42 Å². The first-order chi connectivity index (χ1) is 7.99. The minimum Gasteiger partial charge on any atom is -0.548 e. The molecule has 0 aromatic heterocycles. The summed E-state index contributed by atoms with van der Waals surface area (Å²) in [4.78, 5) is 22.3. The first-order valence-corrected chi connectivity index (χ1v) is 6.49. The predicted molar refractivity (Wildman–Crippen MR) is 65.2 cm³/mol. The van der Waals surface area contributed by atoms with Crippen LogP contribution in [0, 0.1) is 5.92 Å². The second-order valence-electron chi connectivity index (χ2n) is 4.77. The minimum absolute atomic E-state index is 0. The van der Waals surface area contributed by atoms with Gasteiger partial charge in [0.1, 0.15) is 0 Å². The smallest absolute Gasteiger partial charge is 0.548 e. The third-order valence-electron chi connectivity index (χ3n) is 2.74. The number of hydrogen-bond acceptors (Lipinski definition) is 3. The van der Waals surface area contributed by atoms with E-state index in [4.69, 9.17) is 0 Å². The molecule has 0 aliphatic rings. The molecule has 0 aromatic rings. The van der Waals surface area contributed by atoms with E-state index in [1.807, 2.05) is 0 Å². The second-order valence-corrected chi connectivity index (χ2v) is 4.77. The van der Waals surface area contributed by atoms with Crippen LogP contribution in [0.25, 0.3) is 0 Å². The molecule has 0 rings (SSSR count). The summed E-state index contributed by atoms with van der Waals surface area (Å²) in [5.41, 5.74) is 0. The molecule has 0 radical (unpaired) electrons. The van der Waals surface area contributed by atoms with Crippen molar-refractivity contribution in [2.24, 2.45) is 5.92 Å². The van der Waals surface area contributed by atoms with E-state index in [1.54, 1.807) is 13.8 Å². The van der Waals surface area contributed by atoms with Gasteiger partial charge in [-0.25, -0.2) is 0 Å². The van der Waals surface area contributed by atoms with Crippen LogP contribution in [-0.4, -0.2) is 17.9 Å². The average Bonchev–Trinajstić information content (AvgIpc) is 2.24. The fraction of sp³-hybridized carbons (Fsp3) is 0.846. The van der Waals surface area contributed by atoms with Crippen molar-refractivity contribution in [3.63, 3.8) is 0 Å². The van der Waals surface area contributed by atoms with Gasteiger partial charge in [0.2, 0.25) is 5.91 Å². The summed E-state index contributed by atoms with van der Waals surface area (Å²) >= 11 is 0. The Morgan fingerprint density at radius 3 is 2.11 bits per heavy atom. The number of carbonyl (C=O) groups excluding carboxylic acids is 2. The summed E-state index contributed by atoms with van der Waals surface area (Å²) < 4.78 is 0. The quantitative estimate of drug-likeness (QED) is 0.397. The number of carbonyl (C=O) groups is 2. The van der Waals surface area contributed by atoms with E-state index in [-0.39, 0.29) is 41.4 Å². The van der Waals surface area contributed by atoms with Crippen LogP contribution in [0.4, 0.5) is 0 Å². The van der Waals surface area contributed by atoms with Crippen molar-refractivity contribution in [2.45, 2.75) is 65.3 Å². The molecule has 0 bridgehead atoms. The van der Waals surface area contributed by atoms with Crippen LogP contribution in [0.2, 0.25) is 0 Å². The van der Waals surface area contributed by atoms with E-state index in [0.717, 1.165) is 19.3 Å². The van der Waals surface area contributed by atoms with Gasteiger partial charge in [-0.1, -0.05) is 46.5 Å². The molecule has 0 aliphatic carbocycles. The van der Waals surface area contributed by atoms with Gasteiger partial charge in [-0.3, -0.25) is 4.79 Å². The van der Waals surface area contributed by atoms with Crippen LogP contribution in [0.1, 0.15) is 59.3 Å². The number of carboxylic acid groups (broad SMARTS) is 1. The van der Waals surface area contributed by atoms with Crippen LogP contribution in [0.15, 0.2) is 0 Å². The molecular weight excluding hydrogens is 241 g/mol. The molecule has 18 heavy (non-hydrogen) atoms. The minimum atomic E-state index is -1.21. The summed E-state index contributed by atoms with van der Waals surface area (Å²) in [6.45, 7) is 5.64. The van der Waals surface area contributed by atoms with Crippen molar-refractivity contribution in [1.29, 1.82) is 0 Å². The first-order valence-electron chi connectivity index (χ1n) is 6.49. The van der Waals surface area contributed by atoms with E-state index in [2.05, 4.69) is 12.2 Å². The molecule has 1 amide bonds. The summed E-state index contributed by atoms with van der Waals surface area (Å²) in [6, 6.07) is -0.877. The van der Waals surface area contributed by atoms with Crippen molar-refractivity contribution in [2.75, 3.05) is 0 Å². The summed E-state index contributed by atoms with van der Waals surface area (Å²) in [7, 11) is 0. The molecule has 1 N–H and O–H groups in total. The van der Waals surface area contributed by atoms with Gasteiger partial charge in [0.25, 0.3) is 0 Å². The Hall–Kier alpha value is -0.0600. The molecule has 1 atom stereocenters. The van der Waals surface area contributed by atoms with Gasteiger partial charge < -0.3 is 15.2 Å². The molecule has 100 valence electrons. The zero-order chi connectivity index (χ0) is 13.3. The topological polar surface area (TPSA) is 69.2 Å². The Bertz CT molecular complexity index is 244. The molecule has 0 saturated heterocycles. The zero-order valence-corrected chi connectivity index (χ0v) is 14.1. The molecule has 0 heterocycles. The van der Waals surface area contributed by atoms with Crippen molar-refractivity contribution >= 4 is 11.9 Å². The fourth-order valence-corrected chi connectivity index (χ4v) is 1.63. The third kappa shape index (κ3) is 9.92. The monoisotopic (exact) mass is 265 g/mol. The Morgan fingerprint density at radius 2 is 1.67 bits per heavy atom. The van der Waals surface area contributed by atoms with E-state index >= 15 is 0 Å². The van der Waals surface area contributed by atoms with Crippen LogP contribution >= 0.6 is 0 Å². The summed E-state index contributed by atoms with van der Waals surface area (Å²) in [6.07, 6.45) is 5.75. The Labute approximate surface area is 132 Å². The number of carboxylic acids is 1. The van der Waals surface area contributed by atoms with Gasteiger partial charge in [0, 0.05) is 6.42 Å². The molecule has 0 aromatic carbocycles. The molecule has 5 heteroatoms. The van der Waals surface area contributed by atoms with Crippen molar-refractivity contribution < 1.29 is 44.3 Å². The van der Waals surface area contributed by atoms with Gasteiger partial charge in [-0.15, -0.1) is 0 Å². The van der Waals surface area contributed by atoms with Crippen molar-refractivity contribution in [3.05, 3.63) is 0 Å². The largest absolute Gasteiger partial charge is 1.00 e. The normalized spacial score (nSPS) is 11.8. The van der Waals surface area contributed by atoms with Gasteiger partial charge in [-0.2, -0.15) is 0 Å². The Morgan fingerprint density at radius 1 is 1.11 bits per heavy atom. The van der Waals surface area contributed by atoms with Crippen LogP contribution in [0.3, 0.4) is 0 Å². The number of rotatable bonds is 9. The molecule has 0 saturated carbocycles. The van der Waals surface area contributed by atoms with Crippen LogP contribution in [0.5, 0.6) is 0 Å². The molecule has 0 spiro atoms. The number of hydrogen-bond donors (Lipinski definition) is 1. The Kier molecular flexibility index (Phi) is 13.5. The third-order valence-corrected chi connectivity index (χ3v) is 2.74. The first kappa shape index (κ1) is 20.3. The summed E-state index contributed by atoms with van der Waals surface area (Å²) in [5.74, 6) is -1.55. The maximum Gasteiger partial charge on any atom is 1.00 e. The number of aliphatic carboxylic acids is 1. The standard InChI is InChI=1S/C13H25NO3.Na/c1-4-5-6-7-8-9-11(15)14-12(10(2)3)13(16)17;/h10,12H,4-9H2,1-3H3,(H,14,15)(H,16,17);/q;+1/p-1/t12-;/m0./s1.